The molecule has 7 nitrogen and oxygen atoms in total. The lowest BCUT2D eigenvalue weighted by Crippen LogP contribution is -2.36. The van der Waals surface area contributed by atoms with Crippen LogP contribution in [0.5, 0.6) is 0 Å². The number of amides is 1. The molecule has 0 saturated heterocycles. The molecule has 1 amide bonds. The van der Waals surface area contributed by atoms with Crippen molar-refractivity contribution < 1.29 is 29.0 Å². The van der Waals surface area contributed by atoms with E-state index in [0.717, 1.165) is 16.7 Å². The molecule has 0 unspecified atom stereocenters. The van der Waals surface area contributed by atoms with Crippen LogP contribution in [-0.2, 0) is 29.0 Å². The second kappa shape index (κ2) is 12.0. The second-order valence-corrected chi connectivity index (χ2v) is 9.41. The Kier molecular flexibility index (Phi) is 8.84. The molecular weight excluding hydrogens is 458 g/mol. The van der Waals surface area contributed by atoms with Gasteiger partial charge in [0, 0.05) is 19.5 Å². The molecule has 0 aliphatic heterocycles. The van der Waals surface area contributed by atoms with Crippen LogP contribution in [0, 0.1) is 0 Å². The average molecular weight is 490 g/mol. The van der Waals surface area contributed by atoms with Crippen LogP contribution in [0.4, 0.5) is 4.79 Å². The maximum Gasteiger partial charge on any atom is 0.410 e. The molecule has 3 rings (SSSR count). The number of carboxylic acids is 1. The lowest BCUT2D eigenvalue weighted by Gasteiger charge is -2.27. The monoisotopic (exact) mass is 489 g/mol. The van der Waals surface area contributed by atoms with Crippen molar-refractivity contribution >= 4 is 18.0 Å². The van der Waals surface area contributed by atoms with Crippen LogP contribution >= 0.6 is 0 Å². The van der Waals surface area contributed by atoms with E-state index in [0.29, 0.717) is 12.0 Å². The van der Waals surface area contributed by atoms with E-state index in [1.165, 1.54) is 17.0 Å². The summed E-state index contributed by atoms with van der Waals surface area (Å²) in [5.41, 5.74) is 2.61. The van der Waals surface area contributed by atoms with Crippen LogP contribution in [0.25, 0.3) is 0 Å². The molecule has 0 spiro atoms. The maximum atomic E-state index is 12.9. The zero-order chi connectivity index (χ0) is 26.1. The third kappa shape index (κ3) is 8.27. The Morgan fingerprint density at radius 3 is 1.78 bits per heavy atom. The molecule has 0 aromatic heterocycles. The zero-order valence-electron chi connectivity index (χ0n) is 20.8. The van der Waals surface area contributed by atoms with E-state index < -0.39 is 23.6 Å². The molecule has 0 aliphatic rings. The Hall–Kier alpha value is -4.13. The molecule has 3 aromatic rings. The molecule has 0 saturated carbocycles. The van der Waals surface area contributed by atoms with Crippen molar-refractivity contribution in [3.05, 3.63) is 107 Å². The number of carbonyl (C=O) groups excluding carboxylic acids is 2. The molecule has 0 radical (unpaired) electrons. The first-order chi connectivity index (χ1) is 17.1. The normalized spacial score (nSPS) is 11.0. The van der Waals surface area contributed by atoms with Crippen LogP contribution in [0.15, 0.2) is 78.9 Å². The molecular formula is C29H31NO6. The third-order valence-electron chi connectivity index (χ3n) is 5.26. The fraction of sp³-hybridized carbons (Fsp3) is 0.276. The van der Waals surface area contributed by atoms with Crippen molar-refractivity contribution in [2.75, 3.05) is 6.61 Å². The standard InChI is InChI=1S/C29H31NO6/c1-29(2,3)36-28(34)30(19-22-9-13-24(14-10-22)26(31)32)20-23-11-15-25(16-12-23)27(33)35-18-17-21-7-5-4-6-8-21/h4-16H,17-20H2,1-3H3,(H,31,32). The van der Waals surface area contributed by atoms with E-state index >= 15 is 0 Å². The van der Waals surface area contributed by atoms with Crippen molar-refractivity contribution in [1.29, 1.82) is 0 Å². The number of benzene rings is 3. The molecule has 1 N–H and O–H groups in total. The van der Waals surface area contributed by atoms with Crippen molar-refractivity contribution in [2.45, 2.75) is 45.9 Å². The highest BCUT2D eigenvalue weighted by molar-refractivity contribution is 5.89. The van der Waals surface area contributed by atoms with Gasteiger partial charge in [0.1, 0.15) is 5.60 Å². The summed E-state index contributed by atoms with van der Waals surface area (Å²) >= 11 is 0. The summed E-state index contributed by atoms with van der Waals surface area (Å²) in [7, 11) is 0. The summed E-state index contributed by atoms with van der Waals surface area (Å²) in [5, 5.41) is 9.11. The molecule has 188 valence electrons. The van der Waals surface area contributed by atoms with Gasteiger partial charge in [0.25, 0.3) is 0 Å². The van der Waals surface area contributed by atoms with Crippen molar-refractivity contribution in [2.24, 2.45) is 0 Å². The van der Waals surface area contributed by atoms with Gasteiger partial charge in [0.05, 0.1) is 17.7 Å². The zero-order valence-corrected chi connectivity index (χ0v) is 20.8. The number of rotatable bonds is 9. The maximum absolute atomic E-state index is 12.9. The number of hydrogen-bond acceptors (Lipinski definition) is 5. The van der Waals surface area contributed by atoms with Gasteiger partial charge in [0.2, 0.25) is 0 Å². The molecule has 0 atom stereocenters. The van der Waals surface area contributed by atoms with Crippen molar-refractivity contribution in [3.8, 4) is 0 Å². The minimum absolute atomic E-state index is 0.175. The Morgan fingerprint density at radius 1 is 0.750 bits per heavy atom. The van der Waals surface area contributed by atoms with Gasteiger partial charge in [-0.1, -0.05) is 54.6 Å². The van der Waals surface area contributed by atoms with Gasteiger partial charge in [-0.15, -0.1) is 0 Å². The molecule has 0 bridgehead atoms. The lowest BCUT2D eigenvalue weighted by molar-refractivity contribution is 0.0215. The van der Waals surface area contributed by atoms with E-state index in [1.54, 1.807) is 57.2 Å². The molecule has 0 aliphatic carbocycles. The SMILES string of the molecule is CC(C)(C)OC(=O)N(Cc1ccc(C(=O)O)cc1)Cc1ccc(C(=O)OCCc2ccccc2)cc1. The van der Waals surface area contributed by atoms with Gasteiger partial charge in [-0.25, -0.2) is 14.4 Å². The van der Waals surface area contributed by atoms with Crippen LogP contribution in [-0.4, -0.2) is 40.2 Å². The fourth-order valence-electron chi connectivity index (χ4n) is 3.44. The lowest BCUT2D eigenvalue weighted by atomic mass is 10.1. The number of ether oxygens (including phenoxy) is 2. The smallest absolute Gasteiger partial charge is 0.410 e. The molecule has 36 heavy (non-hydrogen) atoms. The van der Waals surface area contributed by atoms with Gasteiger partial charge in [0.15, 0.2) is 0 Å². The van der Waals surface area contributed by atoms with E-state index in [1.807, 2.05) is 30.3 Å². The first-order valence-corrected chi connectivity index (χ1v) is 11.7. The van der Waals surface area contributed by atoms with Gasteiger partial charge >= 0.3 is 18.0 Å². The van der Waals surface area contributed by atoms with Gasteiger partial charge in [-0.2, -0.15) is 0 Å². The number of carboxylic acid groups (broad SMARTS) is 1. The summed E-state index contributed by atoms with van der Waals surface area (Å²) in [6, 6.07) is 23.1. The van der Waals surface area contributed by atoms with Crippen LogP contribution in [0.3, 0.4) is 0 Å². The average Bonchev–Trinajstić information content (AvgIpc) is 2.84. The number of aromatic carboxylic acids is 1. The van der Waals surface area contributed by atoms with E-state index in [9.17, 15) is 14.4 Å². The molecule has 0 heterocycles. The highest BCUT2D eigenvalue weighted by Crippen LogP contribution is 2.17. The molecule has 3 aromatic carbocycles. The number of carbonyl (C=O) groups is 3. The Balaban J connectivity index is 1.65. The van der Waals surface area contributed by atoms with Gasteiger partial charge in [-0.05, 0) is 61.7 Å². The quantitative estimate of drug-likeness (QED) is 0.386. The van der Waals surface area contributed by atoms with Gasteiger partial charge < -0.3 is 14.6 Å². The number of nitrogens with zero attached hydrogens (tertiary/aromatic N) is 1. The largest absolute Gasteiger partial charge is 0.478 e. The predicted molar refractivity (Wildman–Crippen MR) is 136 cm³/mol. The van der Waals surface area contributed by atoms with E-state index in [4.69, 9.17) is 14.6 Å². The Bertz CT molecular complexity index is 1170. The minimum Gasteiger partial charge on any atom is -0.478 e. The number of esters is 1. The van der Waals surface area contributed by atoms with Crippen LogP contribution in [0.1, 0.15) is 58.2 Å². The topological polar surface area (TPSA) is 93.1 Å². The van der Waals surface area contributed by atoms with Gasteiger partial charge in [-0.3, -0.25) is 4.90 Å². The third-order valence-corrected chi connectivity index (χ3v) is 5.26. The Labute approximate surface area is 211 Å². The fourth-order valence-corrected chi connectivity index (χ4v) is 3.44. The summed E-state index contributed by atoms with van der Waals surface area (Å²) < 4.78 is 11.0. The highest BCUT2D eigenvalue weighted by Gasteiger charge is 2.23. The second-order valence-electron chi connectivity index (χ2n) is 9.41. The van der Waals surface area contributed by atoms with Crippen LogP contribution in [0.2, 0.25) is 0 Å². The van der Waals surface area contributed by atoms with Crippen molar-refractivity contribution in [1.82, 2.24) is 4.90 Å². The highest BCUT2D eigenvalue weighted by atomic mass is 16.6. The van der Waals surface area contributed by atoms with E-state index in [-0.39, 0.29) is 25.3 Å². The van der Waals surface area contributed by atoms with Crippen molar-refractivity contribution in [3.63, 3.8) is 0 Å². The summed E-state index contributed by atoms with van der Waals surface area (Å²) in [5.74, 6) is -1.41. The molecule has 7 heteroatoms. The first kappa shape index (κ1) is 26.5. The molecule has 0 fully saturated rings. The van der Waals surface area contributed by atoms with Crippen LogP contribution < -0.4 is 0 Å². The van der Waals surface area contributed by atoms with E-state index in [2.05, 4.69) is 0 Å². The summed E-state index contributed by atoms with van der Waals surface area (Å²) in [6.07, 6.45) is 0.150. The number of hydrogen-bond donors (Lipinski definition) is 1. The summed E-state index contributed by atoms with van der Waals surface area (Å²) in [4.78, 5) is 37.9. The summed E-state index contributed by atoms with van der Waals surface area (Å²) in [6.45, 7) is 6.16. The Morgan fingerprint density at radius 2 is 1.28 bits per heavy atom. The first-order valence-electron chi connectivity index (χ1n) is 11.7. The predicted octanol–water partition coefficient (Wildman–Crippen LogP) is 5.72. The minimum atomic E-state index is -1.01.